The largest absolute Gasteiger partial charge is 0.491 e. The van der Waals surface area contributed by atoms with Crippen LogP contribution in [0.5, 0.6) is 5.75 Å². The second-order valence-corrected chi connectivity index (χ2v) is 7.79. The first-order valence-electron chi connectivity index (χ1n) is 11.1. The van der Waals surface area contributed by atoms with Crippen LogP contribution in [-0.2, 0) is 6.42 Å². The normalized spacial score (nSPS) is 10.7. The Bertz CT molecular complexity index is 1070. The maximum absolute atomic E-state index is 12.1. The molecule has 3 aromatic rings. The molecule has 0 saturated carbocycles. The highest BCUT2D eigenvalue weighted by Gasteiger charge is 2.08. The van der Waals surface area contributed by atoms with Gasteiger partial charge in [-0.15, -0.1) is 24.0 Å². The van der Waals surface area contributed by atoms with Gasteiger partial charge in [-0.2, -0.15) is 0 Å². The summed E-state index contributed by atoms with van der Waals surface area (Å²) in [7, 11) is 5.27. The molecule has 0 radical (unpaired) electrons. The summed E-state index contributed by atoms with van der Waals surface area (Å²) in [5.41, 5.74) is 4.02. The fourth-order valence-corrected chi connectivity index (χ4v) is 3.44. The zero-order chi connectivity index (χ0) is 23.5. The molecular formula is C27H33IN4O2. The van der Waals surface area contributed by atoms with Gasteiger partial charge in [0, 0.05) is 38.8 Å². The number of para-hydroxylation sites is 1. The molecule has 3 rings (SSSR count). The van der Waals surface area contributed by atoms with E-state index in [1.165, 1.54) is 0 Å². The Morgan fingerprint density at radius 2 is 1.62 bits per heavy atom. The number of halogens is 1. The van der Waals surface area contributed by atoms with E-state index >= 15 is 0 Å². The van der Waals surface area contributed by atoms with Crippen LogP contribution in [0.3, 0.4) is 0 Å². The lowest BCUT2D eigenvalue weighted by Gasteiger charge is -2.15. The van der Waals surface area contributed by atoms with Gasteiger partial charge in [-0.1, -0.05) is 60.7 Å². The number of nitrogens with zero attached hydrogens (tertiary/aromatic N) is 2. The first-order chi connectivity index (χ1) is 16.1. The standard InChI is InChI=1S/C27H32N4O2.HI/c1-28-27(29-17-16-21-10-9-13-23(20-21)26(32)31(2)3)30-18-19-33-25-15-8-7-14-24(25)22-11-5-4-6-12-22;/h4-15,20H,16-19H2,1-3H3,(H2,28,29,30);1H. The third kappa shape index (κ3) is 8.06. The summed E-state index contributed by atoms with van der Waals surface area (Å²) in [4.78, 5) is 18.0. The first kappa shape index (κ1) is 27.2. The number of ether oxygens (including phenoxy) is 1. The summed E-state index contributed by atoms with van der Waals surface area (Å²) in [6.07, 6.45) is 0.788. The van der Waals surface area contributed by atoms with E-state index in [1.54, 1.807) is 26.0 Å². The van der Waals surface area contributed by atoms with Gasteiger partial charge in [-0.05, 0) is 35.7 Å². The topological polar surface area (TPSA) is 66.0 Å². The minimum Gasteiger partial charge on any atom is -0.491 e. The number of nitrogens with one attached hydrogen (secondary N) is 2. The van der Waals surface area contributed by atoms with Gasteiger partial charge in [-0.3, -0.25) is 9.79 Å². The third-order valence-corrected chi connectivity index (χ3v) is 5.13. The Morgan fingerprint density at radius 3 is 2.35 bits per heavy atom. The van der Waals surface area contributed by atoms with Gasteiger partial charge < -0.3 is 20.3 Å². The molecule has 0 spiro atoms. The molecule has 0 atom stereocenters. The Morgan fingerprint density at radius 1 is 0.912 bits per heavy atom. The maximum atomic E-state index is 12.1. The number of carbonyl (C=O) groups is 1. The van der Waals surface area contributed by atoms with Crippen molar-refractivity contribution in [3.05, 3.63) is 90.0 Å². The van der Waals surface area contributed by atoms with Crippen molar-refractivity contribution in [2.75, 3.05) is 40.8 Å². The highest BCUT2D eigenvalue weighted by molar-refractivity contribution is 14.0. The third-order valence-electron chi connectivity index (χ3n) is 5.13. The minimum absolute atomic E-state index is 0. The Labute approximate surface area is 219 Å². The summed E-state index contributed by atoms with van der Waals surface area (Å²) >= 11 is 0. The second-order valence-electron chi connectivity index (χ2n) is 7.79. The number of carbonyl (C=O) groups excluding carboxylic acids is 1. The van der Waals surface area contributed by atoms with Gasteiger partial charge in [0.25, 0.3) is 5.91 Å². The van der Waals surface area contributed by atoms with Crippen LogP contribution in [0.25, 0.3) is 11.1 Å². The van der Waals surface area contributed by atoms with Crippen molar-refractivity contribution in [3.63, 3.8) is 0 Å². The van der Waals surface area contributed by atoms with E-state index in [4.69, 9.17) is 4.74 Å². The summed E-state index contributed by atoms with van der Waals surface area (Å²) in [5, 5.41) is 6.60. The average Bonchev–Trinajstić information content (AvgIpc) is 2.86. The number of hydrogen-bond acceptors (Lipinski definition) is 3. The van der Waals surface area contributed by atoms with Crippen LogP contribution in [0.4, 0.5) is 0 Å². The molecule has 2 N–H and O–H groups in total. The van der Waals surface area contributed by atoms with Gasteiger partial charge >= 0.3 is 0 Å². The first-order valence-corrected chi connectivity index (χ1v) is 11.1. The number of aliphatic imine (C=N–C) groups is 1. The highest BCUT2D eigenvalue weighted by Crippen LogP contribution is 2.29. The second kappa shape index (κ2) is 14.2. The summed E-state index contributed by atoms with van der Waals surface area (Å²) in [6.45, 7) is 1.84. The van der Waals surface area contributed by atoms with E-state index < -0.39 is 0 Å². The molecule has 0 aliphatic rings. The predicted octanol–water partition coefficient (Wildman–Crippen LogP) is 4.46. The van der Waals surface area contributed by atoms with E-state index in [0.717, 1.165) is 34.8 Å². The minimum atomic E-state index is 0. The summed E-state index contributed by atoms with van der Waals surface area (Å²) < 4.78 is 6.03. The van der Waals surface area contributed by atoms with Crippen LogP contribution in [0, 0.1) is 0 Å². The van der Waals surface area contributed by atoms with Gasteiger partial charge in [0.15, 0.2) is 5.96 Å². The number of benzene rings is 3. The molecule has 34 heavy (non-hydrogen) atoms. The monoisotopic (exact) mass is 572 g/mol. The molecule has 0 bridgehead atoms. The number of amides is 1. The average molecular weight is 572 g/mol. The van der Waals surface area contributed by atoms with Crippen molar-refractivity contribution in [1.82, 2.24) is 15.5 Å². The highest BCUT2D eigenvalue weighted by atomic mass is 127. The Hall–Kier alpha value is -3.07. The Kier molecular flexibility index (Phi) is 11.4. The van der Waals surface area contributed by atoms with Crippen LogP contribution < -0.4 is 15.4 Å². The van der Waals surface area contributed by atoms with Gasteiger partial charge in [0.1, 0.15) is 12.4 Å². The van der Waals surface area contributed by atoms with Crippen molar-refractivity contribution in [1.29, 1.82) is 0 Å². The van der Waals surface area contributed by atoms with E-state index in [2.05, 4.69) is 33.8 Å². The molecule has 7 heteroatoms. The fraction of sp³-hybridized carbons (Fsp3) is 0.259. The van der Waals surface area contributed by atoms with Crippen molar-refractivity contribution in [3.8, 4) is 16.9 Å². The molecule has 0 unspecified atom stereocenters. The number of hydrogen-bond donors (Lipinski definition) is 2. The van der Waals surface area contributed by atoms with E-state index in [9.17, 15) is 4.79 Å². The zero-order valence-corrected chi connectivity index (χ0v) is 22.3. The molecule has 0 saturated heterocycles. The van der Waals surface area contributed by atoms with Crippen molar-refractivity contribution in [2.45, 2.75) is 6.42 Å². The molecule has 0 fully saturated rings. The van der Waals surface area contributed by atoms with Gasteiger partial charge in [0.05, 0.1) is 6.54 Å². The molecule has 6 nitrogen and oxygen atoms in total. The Balaban J connectivity index is 0.00000408. The quantitative estimate of drug-likeness (QED) is 0.172. The smallest absolute Gasteiger partial charge is 0.253 e. The van der Waals surface area contributed by atoms with E-state index in [-0.39, 0.29) is 29.9 Å². The summed E-state index contributed by atoms with van der Waals surface area (Å²) in [6, 6.07) is 26.0. The van der Waals surface area contributed by atoms with Crippen molar-refractivity contribution in [2.24, 2.45) is 4.99 Å². The molecule has 180 valence electrons. The molecule has 0 aliphatic carbocycles. The molecule has 0 heterocycles. The molecular weight excluding hydrogens is 539 g/mol. The lowest BCUT2D eigenvalue weighted by atomic mass is 10.1. The lowest BCUT2D eigenvalue weighted by Crippen LogP contribution is -2.40. The fourth-order valence-electron chi connectivity index (χ4n) is 3.44. The molecule has 0 aliphatic heterocycles. The van der Waals surface area contributed by atoms with Crippen LogP contribution in [-0.4, -0.2) is 57.6 Å². The van der Waals surface area contributed by atoms with Crippen LogP contribution in [0.1, 0.15) is 15.9 Å². The van der Waals surface area contributed by atoms with Crippen LogP contribution in [0.2, 0.25) is 0 Å². The molecule has 0 aromatic heterocycles. The van der Waals surface area contributed by atoms with E-state index in [1.807, 2.05) is 60.7 Å². The number of rotatable bonds is 9. The van der Waals surface area contributed by atoms with Gasteiger partial charge in [0.2, 0.25) is 0 Å². The lowest BCUT2D eigenvalue weighted by molar-refractivity contribution is 0.0827. The van der Waals surface area contributed by atoms with Crippen molar-refractivity contribution >= 4 is 35.8 Å². The van der Waals surface area contributed by atoms with Crippen LogP contribution >= 0.6 is 24.0 Å². The SMILES string of the molecule is CN=C(NCCOc1ccccc1-c1ccccc1)NCCc1cccc(C(=O)N(C)C)c1.I. The van der Waals surface area contributed by atoms with Crippen LogP contribution in [0.15, 0.2) is 83.9 Å². The zero-order valence-electron chi connectivity index (χ0n) is 20.0. The predicted molar refractivity (Wildman–Crippen MR) is 150 cm³/mol. The summed E-state index contributed by atoms with van der Waals surface area (Å²) in [5.74, 6) is 1.59. The molecule has 1 amide bonds. The number of guanidine groups is 1. The maximum Gasteiger partial charge on any atom is 0.253 e. The van der Waals surface area contributed by atoms with Gasteiger partial charge in [-0.25, -0.2) is 0 Å². The van der Waals surface area contributed by atoms with Crippen molar-refractivity contribution < 1.29 is 9.53 Å². The van der Waals surface area contributed by atoms with E-state index in [0.29, 0.717) is 25.3 Å². The molecule has 3 aromatic carbocycles.